The Morgan fingerprint density at radius 2 is 2.04 bits per heavy atom. The summed E-state index contributed by atoms with van der Waals surface area (Å²) in [5, 5.41) is 8.41. The van der Waals surface area contributed by atoms with Gasteiger partial charge in [-0.05, 0) is 37.1 Å². The number of carbonyl (C=O) groups excluding carboxylic acids is 1. The van der Waals surface area contributed by atoms with Crippen LogP contribution in [0, 0.1) is 0 Å². The van der Waals surface area contributed by atoms with E-state index in [1.807, 2.05) is 39.8 Å². The van der Waals surface area contributed by atoms with E-state index in [1.165, 1.54) is 6.26 Å². The molecule has 1 aromatic carbocycles. The molecule has 1 aliphatic rings. The quantitative estimate of drug-likeness (QED) is 0.744. The molecule has 6 nitrogen and oxygen atoms in total. The summed E-state index contributed by atoms with van der Waals surface area (Å²) in [7, 11) is 0. The molecule has 4 rings (SSSR count). The summed E-state index contributed by atoms with van der Waals surface area (Å²) < 4.78 is 7.25. The van der Waals surface area contributed by atoms with E-state index in [-0.39, 0.29) is 11.8 Å². The lowest BCUT2D eigenvalue weighted by molar-refractivity contribution is 0.0671. The molecule has 24 heavy (non-hydrogen) atoms. The van der Waals surface area contributed by atoms with E-state index < -0.39 is 0 Å². The number of piperidine rings is 1. The van der Waals surface area contributed by atoms with Crippen molar-refractivity contribution in [2.24, 2.45) is 0 Å². The number of likely N-dealkylation sites (tertiary alicyclic amines) is 1. The van der Waals surface area contributed by atoms with Crippen LogP contribution in [-0.4, -0.2) is 38.7 Å². The Bertz CT molecular complexity index is 811. The number of hydrogen-bond acceptors (Lipinski definition) is 4. The molecule has 0 aliphatic carbocycles. The molecule has 1 atom stereocenters. The molecule has 6 heteroatoms. The fraction of sp³-hybridized carbons (Fsp3) is 0.278. The van der Waals surface area contributed by atoms with Crippen LogP contribution in [0.25, 0.3) is 5.69 Å². The van der Waals surface area contributed by atoms with Crippen LogP contribution < -0.4 is 0 Å². The summed E-state index contributed by atoms with van der Waals surface area (Å²) in [5.74, 6) is 1.40. The van der Waals surface area contributed by atoms with Crippen molar-refractivity contribution in [2.75, 3.05) is 13.1 Å². The van der Waals surface area contributed by atoms with Crippen molar-refractivity contribution in [1.29, 1.82) is 0 Å². The Hall–Kier alpha value is -2.89. The minimum absolute atomic E-state index is 0.0597. The summed E-state index contributed by atoms with van der Waals surface area (Å²) in [5.41, 5.74) is 1.03. The molecule has 1 unspecified atom stereocenters. The highest BCUT2D eigenvalue weighted by atomic mass is 16.3. The Kier molecular flexibility index (Phi) is 3.86. The smallest absolute Gasteiger partial charge is 0.289 e. The molecule has 1 amide bonds. The van der Waals surface area contributed by atoms with Crippen molar-refractivity contribution in [3.63, 3.8) is 0 Å². The predicted octanol–water partition coefficient (Wildman–Crippen LogP) is 2.88. The normalized spacial score (nSPS) is 17.8. The van der Waals surface area contributed by atoms with Crippen molar-refractivity contribution < 1.29 is 9.21 Å². The van der Waals surface area contributed by atoms with E-state index in [9.17, 15) is 4.79 Å². The first kappa shape index (κ1) is 14.7. The molecule has 122 valence electrons. The van der Waals surface area contributed by atoms with Crippen LogP contribution >= 0.6 is 0 Å². The van der Waals surface area contributed by atoms with Gasteiger partial charge in [0.25, 0.3) is 5.91 Å². The molecule has 0 radical (unpaired) electrons. The monoisotopic (exact) mass is 322 g/mol. The summed E-state index contributed by atoms with van der Waals surface area (Å²) in [4.78, 5) is 14.4. The Labute approximate surface area is 139 Å². The largest absolute Gasteiger partial charge is 0.459 e. The Morgan fingerprint density at radius 3 is 2.83 bits per heavy atom. The third kappa shape index (κ3) is 2.71. The second kappa shape index (κ2) is 6.31. The average molecular weight is 322 g/mol. The van der Waals surface area contributed by atoms with Gasteiger partial charge in [-0.2, -0.15) is 0 Å². The van der Waals surface area contributed by atoms with Crippen molar-refractivity contribution >= 4 is 5.91 Å². The zero-order chi connectivity index (χ0) is 16.4. The topological polar surface area (TPSA) is 64.2 Å². The van der Waals surface area contributed by atoms with Gasteiger partial charge in [-0.25, -0.2) is 0 Å². The summed E-state index contributed by atoms with van der Waals surface area (Å²) in [6.45, 7) is 1.38. The minimum Gasteiger partial charge on any atom is -0.459 e. The molecule has 3 heterocycles. The number of carbonyl (C=O) groups is 1. The first-order chi connectivity index (χ1) is 11.8. The van der Waals surface area contributed by atoms with Gasteiger partial charge in [-0.1, -0.05) is 18.2 Å². The Morgan fingerprint density at radius 1 is 1.17 bits per heavy atom. The maximum atomic E-state index is 12.5. The van der Waals surface area contributed by atoms with E-state index in [1.54, 1.807) is 18.5 Å². The van der Waals surface area contributed by atoms with Gasteiger partial charge in [-0.15, -0.1) is 10.2 Å². The standard InChI is InChI=1S/C18H18N4O2/c23-18(16-9-5-11-24-16)21-10-4-6-14(12-21)17-20-19-13-22(17)15-7-2-1-3-8-15/h1-3,5,7-9,11,13-14H,4,6,10,12H2. The lowest BCUT2D eigenvalue weighted by Crippen LogP contribution is -2.39. The lowest BCUT2D eigenvalue weighted by atomic mass is 9.96. The van der Waals surface area contributed by atoms with E-state index in [0.29, 0.717) is 12.3 Å². The highest BCUT2D eigenvalue weighted by molar-refractivity contribution is 5.91. The van der Waals surface area contributed by atoms with Crippen LogP contribution in [0.5, 0.6) is 0 Å². The van der Waals surface area contributed by atoms with Gasteiger partial charge in [0.05, 0.1) is 6.26 Å². The molecule has 3 aromatic rings. The zero-order valence-electron chi connectivity index (χ0n) is 13.2. The van der Waals surface area contributed by atoms with E-state index in [0.717, 1.165) is 30.9 Å². The van der Waals surface area contributed by atoms with Gasteiger partial charge < -0.3 is 9.32 Å². The van der Waals surface area contributed by atoms with Crippen molar-refractivity contribution in [2.45, 2.75) is 18.8 Å². The van der Waals surface area contributed by atoms with E-state index in [2.05, 4.69) is 10.2 Å². The molecule has 0 bridgehead atoms. The molecular formula is C18H18N4O2. The number of amides is 1. The van der Waals surface area contributed by atoms with Crippen molar-refractivity contribution in [3.05, 3.63) is 66.6 Å². The zero-order valence-corrected chi connectivity index (χ0v) is 13.2. The average Bonchev–Trinajstić information content (AvgIpc) is 3.34. The molecular weight excluding hydrogens is 304 g/mol. The van der Waals surface area contributed by atoms with Gasteiger partial charge >= 0.3 is 0 Å². The van der Waals surface area contributed by atoms with Crippen LogP contribution in [0.2, 0.25) is 0 Å². The lowest BCUT2D eigenvalue weighted by Gasteiger charge is -2.31. The van der Waals surface area contributed by atoms with Gasteiger partial charge in [0.1, 0.15) is 12.2 Å². The predicted molar refractivity (Wildman–Crippen MR) is 87.9 cm³/mol. The molecule has 2 aromatic heterocycles. The molecule has 0 spiro atoms. The third-order valence-corrected chi connectivity index (χ3v) is 4.41. The number of para-hydroxylation sites is 1. The van der Waals surface area contributed by atoms with Gasteiger partial charge in [0.15, 0.2) is 5.76 Å². The van der Waals surface area contributed by atoms with Crippen LogP contribution in [-0.2, 0) is 0 Å². The van der Waals surface area contributed by atoms with Gasteiger partial charge in [-0.3, -0.25) is 9.36 Å². The maximum absolute atomic E-state index is 12.5. The fourth-order valence-corrected chi connectivity index (χ4v) is 3.24. The molecule has 0 N–H and O–H groups in total. The second-order valence-corrected chi connectivity index (χ2v) is 5.96. The van der Waals surface area contributed by atoms with Crippen LogP contribution in [0.15, 0.2) is 59.5 Å². The molecule has 1 aliphatic heterocycles. The molecule has 1 fully saturated rings. The summed E-state index contributed by atoms with van der Waals surface area (Å²) >= 11 is 0. The maximum Gasteiger partial charge on any atom is 0.289 e. The minimum atomic E-state index is -0.0597. The van der Waals surface area contributed by atoms with Crippen LogP contribution in [0.1, 0.15) is 35.1 Å². The first-order valence-corrected chi connectivity index (χ1v) is 8.11. The number of furan rings is 1. The Balaban J connectivity index is 1.57. The van der Waals surface area contributed by atoms with Gasteiger partial charge in [0, 0.05) is 24.7 Å². The first-order valence-electron chi connectivity index (χ1n) is 8.11. The third-order valence-electron chi connectivity index (χ3n) is 4.41. The highest BCUT2D eigenvalue weighted by Crippen LogP contribution is 2.28. The van der Waals surface area contributed by atoms with Crippen LogP contribution in [0.4, 0.5) is 0 Å². The number of benzene rings is 1. The van der Waals surface area contributed by atoms with Gasteiger partial charge in [0.2, 0.25) is 0 Å². The second-order valence-electron chi connectivity index (χ2n) is 5.96. The highest BCUT2D eigenvalue weighted by Gasteiger charge is 2.29. The van der Waals surface area contributed by atoms with Crippen molar-refractivity contribution in [3.8, 4) is 5.69 Å². The molecule has 1 saturated heterocycles. The summed E-state index contributed by atoms with van der Waals surface area (Å²) in [6.07, 6.45) is 5.20. The number of aromatic nitrogens is 3. The molecule has 0 saturated carbocycles. The fourth-order valence-electron chi connectivity index (χ4n) is 3.24. The van der Waals surface area contributed by atoms with E-state index >= 15 is 0 Å². The van der Waals surface area contributed by atoms with Crippen LogP contribution in [0.3, 0.4) is 0 Å². The van der Waals surface area contributed by atoms with Crippen molar-refractivity contribution in [1.82, 2.24) is 19.7 Å². The number of nitrogens with zero attached hydrogens (tertiary/aromatic N) is 4. The number of rotatable bonds is 3. The summed E-state index contributed by atoms with van der Waals surface area (Å²) in [6, 6.07) is 13.5. The SMILES string of the molecule is O=C(c1ccco1)N1CCCC(c2nncn2-c2ccccc2)C1. The number of hydrogen-bond donors (Lipinski definition) is 0. The van der Waals surface area contributed by atoms with E-state index in [4.69, 9.17) is 4.42 Å².